The molecule has 0 heterocycles. The predicted molar refractivity (Wildman–Crippen MR) is 127 cm³/mol. The van der Waals surface area contributed by atoms with E-state index in [9.17, 15) is 26.3 Å². The molecule has 0 aliphatic carbocycles. The molecule has 3 atom stereocenters. The summed E-state index contributed by atoms with van der Waals surface area (Å²) in [4.78, 5) is 0. The Hall–Kier alpha value is -2.84. The van der Waals surface area contributed by atoms with Gasteiger partial charge in [-0.2, -0.15) is 26.3 Å². The fourth-order valence-corrected chi connectivity index (χ4v) is 3.50. The van der Waals surface area contributed by atoms with Gasteiger partial charge in [0.25, 0.3) is 0 Å². The summed E-state index contributed by atoms with van der Waals surface area (Å²) in [7, 11) is 0. The van der Waals surface area contributed by atoms with Crippen LogP contribution in [0.25, 0.3) is 0 Å². The van der Waals surface area contributed by atoms with Gasteiger partial charge in [-0.1, -0.05) is 97.9 Å². The van der Waals surface area contributed by atoms with Crippen molar-refractivity contribution in [2.24, 2.45) is 5.73 Å². The molecule has 0 fully saturated rings. The van der Waals surface area contributed by atoms with Gasteiger partial charge < -0.3 is 5.73 Å². The lowest BCUT2D eigenvalue weighted by Gasteiger charge is -2.38. The van der Waals surface area contributed by atoms with Gasteiger partial charge in [0.1, 0.15) is 12.1 Å². The van der Waals surface area contributed by atoms with Crippen molar-refractivity contribution >= 4 is 0 Å². The Kier molecular flexibility index (Phi) is 9.52. The van der Waals surface area contributed by atoms with E-state index in [1.807, 2.05) is 51.1 Å². The van der Waals surface area contributed by atoms with Crippen molar-refractivity contribution in [1.82, 2.24) is 5.32 Å². The number of hydrogen-bond donors (Lipinski definition) is 2. The zero-order valence-corrected chi connectivity index (χ0v) is 19.7. The topological polar surface area (TPSA) is 38.0 Å². The molecule has 0 radical (unpaired) electrons. The molecule has 3 N–H and O–H groups in total. The van der Waals surface area contributed by atoms with E-state index in [0.717, 1.165) is 5.56 Å². The average Bonchev–Trinajstić information content (AvgIpc) is 2.82. The van der Waals surface area contributed by atoms with Crippen LogP contribution in [0.1, 0.15) is 55.5 Å². The van der Waals surface area contributed by atoms with Gasteiger partial charge in [0.2, 0.25) is 0 Å². The van der Waals surface area contributed by atoms with Crippen molar-refractivity contribution in [1.29, 1.82) is 0 Å². The van der Waals surface area contributed by atoms with Crippen molar-refractivity contribution in [3.05, 3.63) is 108 Å². The molecule has 0 saturated heterocycles. The van der Waals surface area contributed by atoms with Crippen LogP contribution in [0.4, 0.5) is 26.3 Å². The Morgan fingerprint density at radius 1 is 0.600 bits per heavy atom. The molecule has 2 nitrogen and oxygen atoms in total. The third-order valence-electron chi connectivity index (χ3n) is 5.87. The van der Waals surface area contributed by atoms with Gasteiger partial charge in [-0.3, -0.25) is 5.32 Å². The summed E-state index contributed by atoms with van der Waals surface area (Å²) < 4.78 is 76.6. The lowest BCUT2D eigenvalue weighted by Crippen LogP contribution is -2.49. The fourth-order valence-electron chi connectivity index (χ4n) is 3.50. The Balaban J connectivity index is 0.000000303. The number of benzene rings is 3. The minimum absolute atomic E-state index is 0.0720. The van der Waals surface area contributed by atoms with Crippen LogP contribution in [-0.2, 0) is 0 Å². The summed E-state index contributed by atoms with van der Waals surface area (Å²) in [5.41, 5.74) is 5.55. The first-order valence-corrected chi connectivity index (χ1v) is 11.0. The number of nitrogens with one attached hydrogen (secondary N) is 1. The van der Waals surface area contributed by atoms with Crippen LogP contribution in [-0.4, -0.2) is 17.9 Å². The molecule has 0 saturated carbocycles. The Bertz CT molecular complexity index is 1000. The van der Waals surface area contributed by atoms with E-state index in [-0.39, 0.29) is 17.0 Å². The van der Waals surface area contributed by atoms with Gasteiger partial charge in [-0.25, -0.2) is 0 Å². The third-order valence-corrected chi connectivity index (χ3v) is 5.87. The molecule has 0 aliphatic rings. The molecule has 3 aromatic carbocycles. The van der Waals surface area contributed by atoms with Gasteiger partial charge in [-0.05, 0) is 36.5 Å². The summed E-state index contributed by atoms with van der Waals surface area (Å²) in [5.74, 6) is -0.0720. The molecule has 35 heavy (non-hydrogen) atoms. The van der Waals surface area contributed by atoms with Crippen molar-refractivity contribution in [3.63, 3.8) is 0 Å². The number of nitrogens with two attached hydrogens (primary N) is 1. The van der Waals surface area contributed by atoms with Crippen LogP contribution in [0.2, 0.25) is 0 Å². The average molecular weight is 497 g/mol. The molecular formula is C27H30F6N2. The van der Waals surface area contributed by atoms with Crippen molar-refractivity contribution in [2.45, 2.75) is 56.7 Å². The van der Waals surface area contributed by atoms with E-state index in [2.05, 4.69) is 5.32 Å². The molecule has 3 unspecified atom stereocenters. The highest BCUT2D eigenvalue weighted by Crippen LogP contribution is 2.37. The molecule has 0 aliphatic heterocycles. The SMILES string of the molecule is CC(c1ccccc1)C(C)(C)NC(c1ccccc1)C(F)(F)F.NC(c1ccccc1)C(F)(F)F. The molecule has 0 bridgehead atoms. The van der Waals surface area contributed by atoms with Gasteiger partial charge in [-0.15, -0.1) is 0 Å². The highest BCUT2D eigenvalue weighted by molar-refractivity contribution is 5.25. The first-order valence-electron chi connectivity index (χ1n) is 11.0. The van der Waals surface area contributed by atoms with Crippen LogP contribution in [0.15, 0.2) is 91.0 Å². The van der Waals surface area contributed by atoms with Crippen LogP contribution in [0.5, 0.6) is 0 Å². The monoisotopic (exact) mass is 496 g/mol. The molecule has 0 amide bonds. The molecule has 8 heteroatoms. The van der Waals surface area contributed by atoms with Crippen LogP contribution in [0, 0.1) is 0 Å². The van der Waals surface area contributed by atoms with Crippen LogP contribution >= 0.6 is 0 Å². The lowest BCUT2D eigenvalue weighted by atomic mass is 9.82. The Labute approximate surface area is 202 Å². The standard InChI is InChI=1S/C19H22F3N.C8H8F3N/c1-14(15-10-6-4-7-11-15)18(2,3)23-17(19(20,21)22)16-12-8-5-9-13-16;9-8(10,11)7(12)6-4-2-1-3-5-6/h4-14,17,23H,1-3H3;1-5,7H,12H2. The largest absolute Gasteiger partial charge is 0.407 e. The highest BCUT2D eigenvalue weighted by atomic mass is 19.4. The van der Waals surface area contributed by atoms with Gasteiger partial charge in [0.15, 0.2) is 0 Å². The molecule has 3 aromatic rings. The van der Waals surface area contributed by atoms with E-state index in [0.29, 0.717) is 0 Å². The number of alkyl halides is 6. The van der Waals surface area contributed by atoms with E-state index in [4.69, 9.17) is 5.73 Å². The number of rotatable bonds is 6. The van der Waals surface area contributed by atoms with Crippen LogP contribution in [0.3, 0.4) is 0 Å². The quantitative estimate of drug-likeness (QED) is 0.343. The van der Waals surface area contributed by atoms with Gasteiger partial charge >= 0.3 is 12.4 Å². The first-order chi connectivity index (χ1) is 16.2. The smallest absolute Gasteiger partial charge is 0.316 e. The summed E-state index contributed by atoms with van der Waals surface area (Å²) in [6, 6.07) is 21.4. The maximum atomic E-state index is 13.5. The zero-order chi connectivity index (χ0) is 26.3. The van der Waals surface area contributed by atoms with Crippen molar-refractivity contribution < 1.29 is 26.3 Å². The second-order valence-corrected chi connectivity index (χ2v) is 8.81. The molecule has 0 aromatic heterocycles. The first kappa shape index (κ1) is 28.4. The maximum Gasteiger partial charge on any atom is 0.407 e. The van der Waals surface area contributed by atoms with E-state index < -0.39 is 30.0 Å². The number of hydrogen-bond acceptors (Lipinski definition) is 2. The van der Waals surface area contributed by atoms with E-state index in [1.165, 1.54) is 36.4 Å². The lowest BCUT2D eigenvalue weighted by molar-refractivity contribution is -0.162. The minimum Gasteiger partial charge on any atom is -0.316 e. The Morgan fingerprint density at radius 3 is 1.34 bits per heavy atom. The molecular weight excluding hydrogens is 466 g/mol. The van der Waals surface area contributed by atoms with E-state index >= 15 is 0 Å². The molecule has 0 spiro atoms. The second kappa shape index (κ2) is 11.7. The number of halogens is 6. The molecule has 190 valence electrons. The second-order valence-electron chi connectivity index (χ2n) is 8.81. The summed E-state index contributed by atoms with van der Waals surface area (Å²) in [6.45, 7) is 5.57. The minimum atomic E-state index is -4.36. The summed E-state index contributed by atoms with van der Waals surface area (Å²) in [5, 5.41) is 2.82. The predicted octanol–water partition coefficient (Wildman–Crippen LogP) is 7.71. The maximum absolute atomic E-state index is 13.5. The van der Waals surface area contributed by atoms with E-state index in [1.54, 1.807) is 24.3 Å². The van der Waals surface area contributed by atoms with Gasteiger partial charge in [0, 0.05) is 5.54 Å². The molecule has 3 rings (SSSR count). The van der Waals surface area contributed by atoms with Crippen molar-refractivity contribution in [2.75, 3.05) is 0 Å². The van der Waals surface area contributed by atoms with Crippen LogP contribution < -0.4 is 11.1 Å². The van der Waals surface area contributed by atoms with Crippen molar-refractivity contribution in [3.8, 4) is 0 Å². The highest BCUT2D eigenvalue weighted by Gasteiger charge is 2.44. The zero-order valence-electron chi connectivity index (χ0n) is 19.7. The third kappa shape index (κ3) is 8.40. The normalized spacial score (nSPS) is 14.9. The Morgan fingerprint density at radius 2 is 0.971 bits per heavy atom. The summed E-state index contributed by atoms with van der Waals surface area (Å²) >= 11 is 0. The fraction of sp³-hybridized carbons (Fsp3) is 0.333. The van der Waals surface area contributed by atoms with Gasteiger partial charge in [0.05, 0.1) is 0 Å². The summed E-state index contributed by atoms with van der Waals surface area (Å²) in [6.07, 6.45) is -8.71.